The zero-order chi connectivity index (χ0) is 23.4. The minimum atomic E-state index is -5.17. The first-order valence-electron chi connectivity index (χ1n) is 10.2. The second-order valence-electron chi connectivity index (χ2n) is 7.43. The Hall–Kier alpha value is -3.65. The van der Waals surface area contributed by atoms with Crippen molar-refractivity contribution in [3.63, 3.8) is 0 Å². The minimum Gasteiger partial charge on any atom is -0.369 e. The molecule has 0 aliphatic carbocycles. The predicted octanol–water partition coefficient (Wildman–Crippen LogP) is 5.59. The molecule has 0 amide bonds. The molecule has 3 aromatic carbocycles. The summed E-state index contributed by atoms with van der Waals surface area (Å²) in [5.74, 6) is -2.25. The Labute approximate surface area is 189 Å². The van der Waals surface area contributed by atoms with Crippen LogP contribution in [0.5, 0.6) is 0 Å². The number of amidine groups is 1. The molecule has 0 saturated carbocycles. The second-order valence-corrected chi connectivity index (χ2v) is 7.43. The number of carbonyl (C=O) groups is 1. The van der Waals surface area contributed by atoms with Gasteiger partial charge < -0.3 is 9.57 Å². The zero-order valence-electron chi connectivity index (χ0n) is 17.6. The lowest BCUT2D eigenvalue weighted by atomic mass is 9.94. The Morgan fingerprint density at radius 3 is 1.91 bits per heavy atom. The molecule has 170 valence electrons. The van der Waals surface area contributed by atoms with Gasteiger partial charge in [0, 0.05) is 7.11 Å². The molecule has 4 rings (SSSR count). The molecule has 33 heavy (non-hydrogen) atoms. The molecule has 3 atom stereocenters. The van der Waals surface area contributed by atoms with Crippen LogP contribution in [-0.4, -0.2) is 30.2 Å². The van der Waals surface area contributed by atoms with Crippen molar-refractivity contribution in [3.05, 3.63) is 108 Å². The topological polar surface area (TPSA) is 51.1 Å². The second kappa shape index (κ2) is 9.46. The lowest BCUT2D eigenvalue weighted by Crippen LogP contribution is -2.41. The summed E-state index contributed by atoms with van der Waals surface area (Å²) in [5, 5.41) is 0.948. The molecule has 1 heterocycles. The highest BCUT2D eigenvalue weighted by molar-refractivity contribution is 5.91. The van der Waals surface area contributed by atoms with Gasteiger partial charge in [-0.15, -0.1) is 0 Å². The molecule has 3 unspecified atom stereocenters. The van der Waals surface area contributed by atoms with Gasteiger partial charge in [0.25, 0.3) is 0 Å². The van der Waals surface area contributed by atoms with Crippen molar-refractivity contribution in [2.24, 2.45) is 4.99 Å². The van der Waals surface area contributed by atoms with E-state index in [4.69, 9.17) is 14.6 Å². The maximum atomic E-state index is 13.2. The smallest absolute Gasteiger partial charge is 0.369 e. The first kappa shape index (κ1) is 22.5. The monoisotopic (exact) mass is 454 g/mol. The number of alkyl halides is 3. The van der Waals surface area contributed by atoms with E-state index in [2.05, 4.69) is 0 Å². The number of hydrogen-bond donors (Lipinski definition) is 0. The van der Waals surface area contributed by atoms with Crippen LogP contribution in [0.3, 0.4) is 0 Å². The number of aliphatic imine (C=N–C) groups is 1. The van der Waals surface area contributed by atoms with Gasteiger partial charge in [-0.1, -0.05) is 91.0 Å². The van der Waals surface area contributed by atoms with Crippen LogP contribution in [0.2, 0.25) is 0 Å². The summed E-state index contributed by atoms with van der Waals surface area (Å²) < 4.78 is 45.3. The number of hydrogen-bond acceptors (Lipinski definition) is 5. The van der Waals surface area contributed by atoms with E-state index in [0.29, 0.717) is 11.1 Å². The molecule has 1 aliphatic rings. The van der Waals surface area contributed by atoms with Crippen molar-refractivity contribution in [1.82, 2.24) is 5.06 Å². The van der Waals surface area contributed by atoms with Crippen molar-refractivity contribution in [1.29, 1.82) is 0 Å². The Morgan fingerprint density at radius 2 is 1.39 bits per heavy atom. The van der Waals surface area contributed by atoms with Crippen molar-refractivity contribution in [2.75, 3.05) is 7.11 Å². The number of rotatable bonds is 6. The molecule has 8 heteroatoms. The van der Waals surface area contributed by atoms with Gasteiger partial charge in [0.15, 0.2) is 5.84 Å². The number of methoxy groups -OCH3 is 1. The van der Waals surface area contributed by atoms with E-state index >= 15 is 0 Å². The largest absolute Gasteiger partial charge is 0.493 e. The standard InChI is InChI=1S/C25H21F3N2O3/c1-32-22(19-15-9-4-10-16-19)23-29-20(17-11-5-2-6-12-17)21(18-13-7-3-8-14-18)30(23)33-24(31)25(26,27)28/h2-16,20-22H,1H3. The molecule has 0 N–H and O–H groups in total. The van der Waals surface area contributed by atoms with Gasteiger partial charge in [-0.2, -0.15) is 18.2 Å². The number of benzene rings is 3. The molecule has 5 nitrogen and oxygen atoms in total. The number of halogens is 3. The highest BCUT2D eigenvalue weighted by Crippen LogP contribution is 2.45. The molecule has 0 saturated heterocycles. The lowest BCUT2D eigenvalue weighted by molar-refractivity contribution is -0.231. The molecule has 0 spiro atoms. The van der Waals surface area contributed by atoms with Crippen LogP contribution in [0.25, 0.3) is 0 Å². The van der Waals surface area contributed by atoms with Crippen LogP contribution in [-0.2, 0) is 14.4 Å². The van der Waals surface area contributed by atoms with Crippen LogP contribution < -0.4 is 0 Å². The van der Waals surface area contributed by atoms with Crippen molar-refractivity contribution >= 4 is 11.8 Å². The number of hydroxylamine groups is 2. The summed E-state index contributed by atoms with van der Waals surface area (Å²) in [6.45, 7) is 0. The maximum Gasteiger partial charge on any atom is 0.493 e. The predicted molar refractivity (Wildman–Crippen MR) is 116 cm³/mol. The van der Waals surface area contributed by atoms with Crippen molar-refractivity contribution < 1.29 is 27.5 Å². The van der Waals surface area contributed by atoms with E-state index in [1.54, 1.807) is 54.6 Å². The van der Waals surface area contributed by atoms with Crippen LogP contribution in [0.15, 0.2) is 96.0 Å². The van der Waals surface area contributed by atoms with Crippen molar-refractivity contribution in [3.8, 4) is 0 Å². The summed E-state index contributed by atoms with van der Waals surface area (Å²) in [6, 6.07) is 25.5. The molecular weight excluding hydrogens is 433 g/mol. The van der Waals surface area contributed by atoms with Crippen LogP contribution in [0, 0.1) is 0 Å². The Bertz CT molecular complexity index is 1110. The van der Waals surface area contributed by atoms with Gasteiger partial charge in [-0.25, -0.2) is 4.79 Å². The molecule has 0 bridgehead atoms. The van der Waals surface area contributed by atoms with E-state index in [9.17, 15) is 18.0 Å². The summed E-state index contributed by atoms with van der Waals surface area (Å²) in [4.78, 5) is 21.7. The third kappa shape index (κ3) is 4.75. The highest BCUT2D eigenvalue weighted by Gasteiger charge is 2.49. The summed E-state index contributed by atoms with van der Waals surface area (Å²) >= 11 is 0. The molecule has 1 aliphatic heterocycles. The number of ether oxygens (including phenoxy) is 1. The molecule has 3 aromatic rings. The van der Waals surface area contributed by atoms with Crippen molar-refractivity contribution in [2.45, 2.75) is 24.4 Å². The lowest BCUT2D eigenvalue weighted by Gasteiger charge is -2.31. The Balaban J connectivity index is 1.86. The Kier molecular flexibility index (Phi) is 6.46. The number of nitrogens with zero attached hydrogens (tertiary/aromatic N) is 2. The fourth-order valence-electron chi connectivity index (χ4n) is 3.86. The fourth-order valence-corrected chi connectivity index (χ4v) is 3.86. The van der Waals surface area contributed by atoms with Crippen LogP contribution in [0.4, 0.5) is 13.2 Å². The molecule has 0 radical (unpaired) electrons. The Morgan fingerprint density at radius 1 is 0.879 bits per heavy atom. The number of carbonyl (C=O) groups excluding carboxylic acids is 1. The third-order valence-electron chi connectivity index (χ3n) is 5.32. The molecule has 0 fully saturated rings. The van der Waals surface area contributed by atoms with Gasteiger partial charge in [-0.3, -0.25) is 4.99 Å². The first-order chi connectivity index (χ1) is 15.9. The van der Waals surface area contributed by atoms with Gasteiger partial charge in [0.2, 0.25) is 0 Å². The summed E-state index contributed by atoms with van der Waals surface area (Å²) in [6.07, 6.45) is -6.03. The van der Waals surface area contributed by atoms with E-state index in [-0.39, 0.29) is 5.84 Å². The van der Waals surface area contributed by atoms with Crippen LogP contribution >= 0.6 is 0 Å². The van der Waals surface area contributed by atoms with E-state index in [0.717, 1.165) is 10.6 Å². The third-order valence-corrected chi connectivity index (χ3v) is 5.32. The van der Waals surface area contributed by atoms with E-state index in [1.807, 2.05) is 36.4 Å². The van der Waals surface area contributed by atoms with Gasteiger partial charge in [0.1, 0.15) is 18.2 Å². The fraction of sp³-hybridized carbons (Fsp3) is 0.200. The normalized spacial score (nSPS) is 19.2. The summed E-state index contributed by atoms with van der Waals surface area (Å²) in [7, 11) is 1.43. The molecular formula is C25H21F3N2O3. The van der Waals surface area contributed by atoms with E-state index in [1.165, 1.54) is 7.11 Å². The SMILES string of the molecule is COC(C1=NC(c2ccccc2)C(c2ccccc2)N1OC(=O)C(F)(F)F)c1ccccc1. The van der Waals surface area contributed by atoms with Crippen LogP contribution in [0.1, 0.15) is 34.9 Å². The minimum absolute atomic E-state index is 0.0732. The maximum absolute atomic E-state index is 13.2. The van der Waals surface area contributed by atoms with E-state index < -0.39 is 30.3 Å². The molecule has 0 aromatic heterocycles. The summed E-state index contributed by atoms with van der Waals surface area (Å²) in [5.41, 5.74) is 2.06. The quantitative estimate of drug-likeness (QED) is 0.487. The first-order valence-corrected chi connectivity index (χ1v) is 10.2. The average Bonchev–Trinajstić information content (AvgIpc) is 3.19. The average molecular weight is 454 g/mol. The highest BCUT2D eigenvalue weighted by atomic mass is 19.4. The zero-order valence-corrected chi connectivity index (χ0v) is 17.6. The van der Waals surface area contributed by atoms with Gasteiger partial charge >= 0.3 is 12.1 Å². The van der Waals surface area contributed by atoms with Gasteiger partial charge in [-0.05, 0) is 16.7 Å². The van der Waals surface area contributed by atoms with Gasteiger partial charge in [0.05, 0.1) is 0 Å².